The molecule has 8 rings (SSSR count). The number of fused-ring (bicyclic) bond motifs is 4. The first-order valence-electron chi connectivity index (χ1n) is 36.5. The van der Waals surface area contributed by atoms with Crippen molar-refractivity contribution in [1.82, 2.24) is 71.4 Å². The molecule has 0 spiro atoms. The van der Waals surface area contributed by atoms with Crippen LogP contribution in [-0.4, -0.2) is 212 Å². The summed E-state index contributed by atoms with van der Waals surface area (Å²) in [5, 5.41) is 117. The van der Waals surface area contributed by atoms with Crippen molar-refractivity contribution in [2.45, 2.75) is 250 Å². The van der Waals surface area contributed by atoms with E-state index in [0.29, 0.717) is 141 Å². The average molecular weight is 1390 g/mol. The molecule has 2 aliphatic rings. The predicted octanol–water partition coefficient (Wildman–Crippen LogP) is 4.46. The van der Waals surface area contributed by atoms with Gasteiger partial charge in [-0.2, -0.15) is 0 Å². The Morgan fingerprint density at radius 1 is 0.570 bits per heavy atom. The Hall–Kier alpha value is -6.32. The molecule has 0 fully saturated rings. The number of carbonyl (C=O) groups is 2. The number of rotatable bonds is 42. The minimum atomic E-state index is -1.33. The highest BCUT2D eigenvalue weighted by Gasteiger charge is 2.34. The Morgan fingerprint density at radius 3 is 1.53 bits per heavy atom. The smallest absolute Gasteiger partial charge is 0.237 e. The number of nitrogens with one attached hydrogen (secondary N) is 10. The molecule has 100 heavy (non-hydrogen) atoms. The van der Waals surface area contributed by atoms with Crippen LogP contribution in [0.2, 0.25) is 0 Å². The molecule has 0 saturated heterocycles. The second kappa shape index (κ2) is 39.4. The fourth-order valence-corrected chi connectivity index (χ4v) is 13.6. The number of benzene rings is 4. The fourth-order valence-electron chi connectivity index (χ4n) is 13.6. The van der Waals surface area contributed by atoms with Crippen molar-refractivity contribution < 1.29 is 50.4 Å². The quantitative estimate of drug-likeness (QED) is 0.0186. The van der Waals surface area contributed by atoms with Gasteiger partial charge in [0.1, 0.15) is 61.5 Å². The molecule has 554 valence electrons. The molecule has 2 aliphatic heterocycles. The van der Waals surface area contributed by atoms with E-state index in [-0.39, 0.29) is 30.8 Å². The number of imidazole rings is 2. The number of aromatic nitrogens is 4. The number of H-pyrrole nitrogens is 2. The molecule has 15 atom stereocenters. The van der Waals surface area contributed by atoms with Gasteiger partial charge in [0, 0.05) is 56.2 Å². The zero-order valence-corrected chi connectivity index (χ0v) is 60.0. The van der Waals surface area contributed by atoms with E-state index < -0.39 is 85.9 Å². The zero-order valence-electron chi connectivity index (χ0n) is 60.0. The summed E-state index contributed by atoms with van der Waals surface area (Å²) in [5.41, 5.74) is 15.2. The lowest BCUT2D eigenvalue weighted by Crippen LogP contribution is -2.58. The third-order valence-corrected chi connectivity index (χ3v) is 19.4. The van der Waals surface area contributed by atoms with Crippen molar-refractivity contribution in [2.24, 2.45) is 5.73 Å². The molecule has 20 N–H and O–H groups in total. The van der Waals surface area contributed by atoms with Crippen molar-refractivity contribution in [1.29, 1.82) is 0 Å². The summed E-state index contributed by atoms with van der Waals surface area (Å²) >= 11 is 0. The normalized spacial score (nSPS) is 20.2. The third-order valence-electron chi connectivity index (χ3n) is 19.4. The van der Waals surface area contributed by atoms with Crippen molar-refractivity contribution >= 4 is 45.3 Å². The van der Waals surface area contributed by atoms with Gasteiger partial charge < -0.3 is 77.8 Å². The third kappa shape index (κ3) is 22.1. The van der Waals surface area contributed by atoms with Gasteiger partial charge in [0.05, 0.1) is 65.4 Å². The van der Waals surface area contributed by atoms with Crippen LogP contribution < -0.4 is 48.3 Å². The maximum Gasteiger partial charge on any atom is 0.237 e. The fraction of sp³-hybridized carbons (Fsp3) is 0.616. The average Bonchev–Trinajstić information content (AvgIpc) is 1.69. The summed E-state index contributed by atoms with van der Waals surface area (Å²) in [6.07, 6.45) is -1.27. The van der Waals surface area contributed by atoms with Crippen LogP contribution in [0.4, 0.5) is 11.4 Å². The largest absolute Gasteiger partial charge is 0.379 e. The molecule has 6 aromatic rings. The summed E-state index contributed by atoms with van der Waals surface area (Å²) in [6.45, 7) is 15.1. The highest BCUT2D eigenvalue weighted by atomic mass is 16.3. The van der Waals surface area contributed by atoms with Crippen molar-refractivity contribution in [3.63, 3.8) is 0 Å². The summed E-state index contributed by atoms with van der Waals surface area (Å²) in [7, 11) is 3.69. The number of aliphatic hydroxyl groups excluding tert-OH is 8. The highest BCUT2D eigenvalue weighted by molar-refractivity contribution is 5.82. The number of anilines is 2. The molecule has 4 heterocycles. The van der Waals surface area contributed by atoms with Gasteiger partial charge in [-0.05, 0) is 156 Å². The molecule has 27 heteroatoms. The van der Waals surface area contributed by atoms with Gasteiger partial charge in [0.15, 0.2) is 0 Å². The Balaban J connectivity index is 0.759. The number of aliphatic hydroxyl groups is 8. The second-order valence-electron chi connectivity index (χ2n) is 27.4. The summed E-state index contributed by atoms with van der Waals surface area (Å²) in [6, 6.07) is 23.0. The minimum absolute atomic E-state index is 0.0961. The molecular formula is C73H117N17O10. The van der Waals surface area contributed by atoms with Gasteiger partial charge in [-0.1, -0.05) is 104 Å². The van der Waals surface area contributed by atoms with E-state index in [1.165, 1.54) is 0 Å². The van der Waals surface area contributed by atoms with E-state index in [0.717, 1.165) is 56.2 Å². The topological polar surface area (TPSA) is 389 Å². The number of amides is 2. The predicted molar refractivity (Wildman–Crippen MR) is 390 cm³/mol. The Bertz CT molecular complexity index is 3370. The molecule has 0 radical (unpaired) electrons. The van der Waals surface area contributed by atoms with Gasteiger partial charge in [-0.25, -0.2) is 9.97 Å². The minimum Gasteiger partial charge on any atom is -0.379 e. The molecule has 4 aromatic carbocycles. The van der Waals surface area contributed by atoms with Crippen LogP contribution in [0.15, 0.2) is 84.9 Å². The van der Waals surface area contributed by atoms with Crippen LogP contribution >= 0.6 is 0 Å². The van der Waals surface area contributed by atoms with E-state index in [9.17, 15) is 50.4 Å². The van der Waals surface area contributed by atoms with Crippen molar-refractivity contribution in [3.05, 3.63) is 119 Å². The van der Waals surface area contributed by atoms with Crippen LogP contribution in [0.3, 0.4) is 0 Å². The number of nitrogens with zero attached hydrogens (tertiary/aromatic N) is 6. The van der Waals surface area contributed by atoms with Gasteiger partial charge in [0.25, 0.3) is 0 Å². The van der Waals surface area contributed by atoms with Crippen molar-refractivity contribution in [3.8, 4) is 0 Å². The molecule has 27 nitrogen and oxygen atoms in total. The van der Waals surface area contributed by atoms with Crippen LogP contribution in [0, 0.1) is 0 Å². The van der Waals surface area contributed by atoms with Gasteiger partial charge in [-0.15, -0.1) is 0 Å². The van der Waals surface area contributed by atoms with E-state index >= 15 is 0 Å². The maximum absolute atomic E-state index is 14.0. The first kappa shape index (κ1) is 79.4. The second-order valence-corrected chi connectivity index (χ2v) is 27.4. The Morgan fingerprint density at radius 2 is 1.04 bits per heavy atom. The number of hydrogen-bond acceptors (Lipinski definition) is 23. The van der Waals surface area contributed by atoms with E-state index in [1.54, 1.807) is 0 Å². The maximum atomic E-state index is 14.0. The zero-order chi connectivity index (χ0) is 72.0. The molecule has 0 bridgehead atoms. The van der Waals surface area contributed by atoms with Crippen LogP contribution in [0.5, 0.6) is 0 Å². The first-order valence-corrected chi connectivity index (χ1v) is 36.5. The highest BCUT2D eigenvalue weighted by Crippen LogP contribution is 2.33. The van der Waals surface area contributed by atoms with Gasteiger partial charge in [0.2, 0.25) is 11.8 Å². The van der Waals surface area contributed by atoms with E-state index in [2.05, 4.69) is 62.5 Å². The Kier molecular flexibility index (Phi) is 31.2. The lowest BCUT2D eigenvalue weighted by Gasteiger charge is -2.32. The number of carbonyl (C=O) groups excluding carboxylic acids is 2. The number of aromatic amines is 2. The molecule has 2 aromatic heterocycles. The molecule has 0 aliphatic carbocycles. The summed E-state index contributed by atoms with van der Waals surface area (Å²) < 4.78 is 0. The van der Waals surface area contributed by atoms with E-state index in [4.69, 9.17) is 5.73 Å². The molecule has 0 saturated carbocycles. The summed E-state index contributed by atoms with van der Waals surface area (Å²) in [4.78, 5) is 51.4. The van der Waals surface area contributed by atoms with Gasteiger partial charge >= 0.3 is 0 Å². The molecule has 1 unspecified atom stereocenters. The van der Waals surface area contributed by atoms with E-state index in [1.807, 2.05) is 160 Å². The Labute approximate surface area is 589 Å². The van der Waals surface area contributed by atoms with Crippen molar-refractivity contribution in [2.75, 3.05) is 50.9 Å². The van der Waals surface area contributed by atoms with Crippen LogP contribution in [0.25, 0.3) is 22.1 Å². The lowest BCUT2D eigenvalue weighted by atomic mass is 10.0. The SMILES string of the molecule is CCC[C@H](N[C@H](O)C(N)CC[C@H](O)N[C@@H](CCC)[C@@H](O)N[C@@H](CCC)C(=O)NCCCN1Cc2cc([C@H](O)N(C)Cc3nc4ccccc4[nH]3)ccc2N[C@H](CC)[C@@H]1O)C(=O)N[C@@H](CCC)[C@@H](O)NCCCN1Cc2cc([C@@H](O)N(C)Cc3nc4ccccc4[nH]3)ccc2N[C@@H](CC)[C@H]1O. The monoisotopic (exact) mass is 1390 g/mol. The first-order chi connectivity index (χ1) is 48.1. The van der Waals surface area contributed by atoms with Crippen LogP contribution in [-0.2, 0) is 35.8 Å². The standard InChI is InChI=1S/C73H117N17O10/c1-9-21-58(66(93)75-35-19-37-89-41-47-39-45(29-32-52(47)77-50(13-5)72(89)99)70(97)87(7)43-62-79-54-25-15-16-26-55(54)80-62)85-68(95)60(23-11-3)83-64(91)34-31-49(74)65(92)84-61(24-12-4)69(96)86-59(22-10-2)67(94)76-36-20-38-90-42-48-40-46(30-33-53(48)78-51(14-6)73(90)100)71(98)88(8)44-63-81-56-27-17-18-28-57(56)82-63/h15-18,25-30,32-33,39-40,49-51,58-61,64-65,67-68,70-73,76-78,83-85,91-92,94-95,97-100H,9-14,19-24,31,34-38,41-44,74H2,1-8H3,(H,75,93)(H,79,80)(H,81,82)(H,86,96)/t49?,50-,51+,58+,59+,60+,61+,64+,65-,67-,68-,70+,71-,72+,73-/m1/s1. The number of hydrogen-bond donors (Lipinski definition) is 19. The van der Waals surface area contributed by atoms with Crippen LogP contribution in [0.1, 0.15) is 178 Å². The summed E-state index contributed by atoms with van der Waals surface area (Å²) in [5.74, 6) is 0.799. The number of para-hydroxylation sites is 4. The lowest BCUT2D eigenvalue weighted by molar-refractivity contribution is -0.126. The number of nitrogens with two attached hydrogens (primary N) is 1. The molecular weight excluding hydrogens is 1270 g/mol. The molecule has 2 amide bonds. The van der Waals surface area contributed by atoms with Gasteiger partial charge in [-0.3, -0.25) is 50.5 Å².